The number of carbonyl (C=O) groups is 2. The van der Waals surface area contributed by atoms with E-state index in [0.29, 0.717) is 0 Å². The summed E-state index contributed by atoms with van der Waals surface area (Å²) in [7, 11) is 2.05. The summed E-state index contributed by atoms with van der Waals surface area (Å²) in [6.45, 7) is 8.08. The number of likely N-dealkylation sites (tertiary alicyclic amines) is 3. The third-order valence-corrected chi connectivity index (χ3v) is 6.94. The Balaban J connectivity index is 1.40. The van der Waals surface area contributed by atoms with E-state index >= 15 is 0 Å². The molecular weight excluding hydrogens is 336 g/mol. The van der Waals surface area contributed by atoms with Gasteiger partial charge in [-0.05, 0) is 40.2 Å². The summed E-state index contributed by atoms with van der Waals surface area (Å²) >= 11 is 1.48. The maximum Gasteiger partial charge on any atom is 0.265 e. The Kier molecular flexibility index (Phi) is 4.11. The maximum atomic E-state index is 12.8. The quantitative estimate of drug-likeness (QED) is 0.801. The molecule has 1 aromatic heterocycles. The van der Waals surface area contributed by atoms with Gasteiger partial charge < -0.3 is 9.80 Å². The molecule has 0 saturated carbocycles. The zero-order chi connectivity index (χ0) is 17.8. The first-order chi connectivity index (χ1) is 11.9. The summed E-state index contributed by atoms with van der Waals surface area (Å²) in [5.41, 5.74) is 0.928. The molecular formula is C18H26N4O2S. The lowest BCUT2D eigenvalue weighted by atomic mass is 9.77. The van der Waals surface area contributed by atoms with E-state index in [1.54, 1.807) is 0 Å². The van der Waals surface area contributed by atoms with E-state index in [0.717, 1.165) is 67.6 Å². The van der Waals surface area contributed by atoms with Crippen molar-refractivity contribution < 1.29 is 9.59 Å². The summed E-state index contributed by atoms with van der Waals surface area (Å²) in [6.07, 6.45) is 3.13. The topological polar surface area (TPSA) is 56.8 Å². The third-order valence-electron chi connectivity index (χ3n) is 5.88. The van der Waals surface area contributed by atoms with Crippen LogP contribution >= 0.6 is 11.3 Å². The fourth-order valence-corrected chi connectivity index (χ4v) is 5.59. The van der Waals surface area contributed by atoms with Crippen LogP contribution in [0.1, 0.15) is 39.6 Å². The van der Waals surface area contributed by atoms with Gasteiger partial charge in [0.2, 0.25) is 5.91 Å². The van der Waals surface area contributed by atoms with Gasteiger partial charge in [-0.3, -0.25) is 14.5 Å². The van der Waals surface area contributed by atoms with Crippen molar-refractivity contribution in [2.75, 3.05) is 39.8 Å². The number of thiazole rings is 1. The third kappa shape index (κ3) is 2.87. The van der Waals surface area contributed by atoms with Crippen LogP contribution in [0.3, 0.4) is 0 Å². The van der Waals surface area contributed by atoms with Crippen molar-refractivity contribution >= 4 is 23.2 Å². The molecule has 1 spiro atoms. The van der Waals surface area contributed by atoms with Crippen LogP contribution < -0.4 is 0 Å². The first kappa shape index (κ1) is 17.0. The molecule has 3 aliphatic heterocycles. The number of likely N-dealkylation sites (N-methyl/N-ethyl adjacent to an activating group) is 1. The second-order valence-corrected chi connectivity index (χ2v) is 9.18. The Morgan fingerprint density at radius 1 is 1.12 bits per heavy atom. The molecule has 0 aromatic carbocycles. The predicted octanol–water partition coefficient (Wildman–Crippen LogP) is 1.53. The summed E-state index contributed by atoms with van der Waals surface area (Å²) in [6, 6.07) is -0.0114. The minimum atomic E-state index is -0.0114. The summed E-state index contributed by atoms with van der Waals surface area (Å²) in [4.78, 5) is 36.8. The minimum Gasteiger partial charge on any atom is -0.341 e. The summed E-state index contributed by atoms with van der Waals surface area (Å²) in [5.74, 6) is 0.390. The van der Waals surface area contributed by atoms with Crippen molar-refractivity contribution in [1.29, 1.82) is 0 Å². The highest BCUT2D eigenvalue weighted by atomic mass is 32.1. The average molecular weight is 362 g/mol. The molecule has 6 nitrogen and oxygen atoms in total. The normalized spacial score (nSPS) is 25.6. The van der Waals surface area contributed by atoms with Crippen molar-refractivity contribution in [1.82, 2.24) is 19.7 Å². The summed E-state index contributed by atoms with van der Waals surface area (Å²) in [5, 5.41) is 0.938. The molecule has 0 radical (unpaired) electrons. The van der Waals surface area contributed by atoms with Gasteiger partial charge in [0.05, 0.1) is 16.7 Å². The number of nitrogens with zero attached hydrogens (tertiary/aromatic N) is 4. The Morgan fingerprint density at radius 3 is 2.40 bits per heavy atom. The number of aromatic nitrogens is 1. The molecule has 1 atom stereocenters. The largest absolute Gasteiger partial charge is 0.341 e. The van der Waals surface area contributed by atoms with Crippen LogP contribution in [0.4, 0.5) is 0 Å². The molecule has 0 bridgehead atoms. The Morgan fingerprint density at radius 2 is 1.80 bits per heavy atom. The van der Waals surface area contributed by atoms with Crippen molar-refractivity contribution in [2.45, 2.75) is 39.2 Å². The second kappa shape index (κ2) is 6.06. The first-order valence-corrected chi connectivity index (χ1v) is 9.93. The molecule has 0 N–H and O–H groups in total. The molecule has 1 unspecified atom stereocenters. The number of rotatable bonds is 2. The lowest BCUT2D eigenvalue weighted by molar-refractivity contribution is -0.134. The first-order valence-electron chi connectivity index (χ1n) is 9.11. The van der Waals surface area contributed by atoms with Gasteiger partial charge in [0.25, 0.3) is 5.91 Å². The van der Waals surface area contributed by atoms with Gasteiger partial charge in [-0.1, -0.05) is 0 Å². The summed E-state index contributed by atoms with van der Waals surface area (Å²) < 4.78 is 0. The number of carbonyl (C=O) groups excluding carboxylic acids is 2. The molecule has 7 heteroatoms. The van der Waals surface area contributed by atoms with Gasteiger partial charge in [0.1, 0.15) is 4.88 Å². The van der Waals surface area contributed by atoms with Crippen LogP contribution in [0.2, 0.25) is 0 Å². The second-order valence-electron chi connectivity index (χ2n) is 7.98. The van der Waals surface area contributed by atoms with Crippen molar-refractivity contribution in [2.24, 2.45) is 5.41 Å². The minimum absolute atomic E-state index is 0.0114. The van der Waals surface area contributed by atoms with Crippen molar-refractivity contribution in [3.05, 3.63) is 15.6 Å². The van der Waals surface area contributed by atoms with Gasteiger partial charge in [-0.15, -0.1) is 11.3 Å². The molecule has 1 aromatic rings. The molecule has 4 rings (SSSR count). The zero-order valence-corrected chi connectivity index (χ0v) is 16.1. The van der Waals surface area contributed by atoms with Gasteiger partial charge in [-0.2, -0.15) is 0 Å². The van der Waals surface area contributed by atoms with Crippen LogP contribution in [-0.4, -0.2) is 77.3 Å². The Hall–Kier alpha value is -1.47. The molecule has 2 amide bonds. The molecule has 25 heavy (non-hydrogen) atoms. The van der Waals surface area contributed by atoms with E-state index < -0.39 is 0 Å². The van der Waals surface area contributed by atoms with Crippen LogP contribution in [-0.2, 0) is 4.79 Å². The zero-order valence-electron chi connectivity index (χ0n) is 15.2. The van der Waals surface area contributed by atoms with Crippen LogP contribution in [0.15, 0.2) is 0 Å². The Bertz CT molecular complexity index is 704. The smallest absolute Gasteiger partial charge is 0.265 e. The standard InChI is InChI=1S/C18H26N4O2S/c1-12-15(25-13(2)19-12)17(24)22-10-18(11-22)8-14(20(3)9-18)16(23)21-6-4-5-7-21/h14H,4-11H2,1-3H3. The Labute approximate surface area is 152 Å². The maximum absolute atomic E-state index is 12.8. The van der Waals surface area contributed by atoms with Crippen LogP contribution in [0, 0.1) is 19.3 Å². The average Bonchev–Trinajstić information content (AvgIpc) is 3.23. The molecule has 3 fully saturated rings. The molecule has 136 valence electrons. The van der Waals surface area contributed by atoms with Crippen molar-refractivity contribution in [3.63, 3.8) is 0 Å². The van der Waals surface area contributed by atoms with Crippen LogP contribution in [0.25, 0.3) is 0 Å². The van der Waals surface area contributed by atoms with Gasteiger partial charge in [0.15, 0.2) is 0 Å². The van der Waals surface area contributed by atoms with Crippen LogP contribution in [0.5, 0.6) is 0 Å². The molecule has 3 saturated heterocycles. The molecule has 0 aliphatic carbocycles. The van der Waals surface area contributed by atoms with E-state index in [4.69, 9.17) is 0 Å². The molecule has 4 heterocycles. The van der Waals surface area contributed by atoms with E-state index in [9.17, 15) is 9.59 Å². The van der Waals surface area contributed by atoms with E-state index in [1.807, 2.05) is 23.6 Å². The highest BCUT2D eigenvalue weighted by Gasteiger charge is 2.54. The van der Waals surface area contributed by atoms with Crippen molar-refractivity contribution in [3.8, 4) is 0 Å². The number of hydrogen-bond donors (Lipinski definition) is 0. The van der Waals surface area contributed by atoms with E-state index in [1.165, 1.54) is 11.3 Å². The highest BCUT2D eigenvalue weighted by Crippen LogP contribution is 2.43. The lowest BCUT2D eigenvalue weighted by Crippen LogP contribution is -2.59. The highest BCUT2D eigenvalue weighted by molar-refractivity contribution is 7.13. The fourth-order valence-electron chi connectivity index (χ4n) is 4.70. The predicted molar refractivity (Wildman–Crippen MR) is 96.8 cm³/mol. The molecule has 3 aliphatic rings. The van der Waals surface area contributed by atoms with Gasteiger partial charge in [-0.25, -0.2) is 4.98 Å². The lowest BCUT2D eigenvalue weighted by Gasteiger charge is -2.48. The van der Waals surface area contributed by atoms with Gasteiger partial charge in [0, 0.05) is 38.1 Å². The number of hydrogen-bond acceptors (Lipinski definition) is 5. The van der Waals surface area contributed by atoms with E-state index in [2.05, 4.69) is 16.9 Å². The SMILES string of the molecule is Cc1nc(C)c(C(=O)N2CC3(CC(C(=O)N4CCCC4)N(C)C3)C2)s1. The fraction of sp³-hybridized carbons (Fsp3) is 0.722. The van der Waals surface area contributed by atoms with Gasteiger partial charge >= 0.3 is 0 Å². The van der Waals surface area contributed by atoms with E-state index in [-0.39, 0.29) is 23.3 Å². The monoisotopic (exact) mass is 362 g/mol. The number of aryl methyl sites for hydroxylation is 2. The number of amides is 2.